The first-order valence-corrected chi connectivity index (χ1v) is 10.2. The topological polar surface area (TPSA) is 15.3 Å². The second-order valence-corrected chi connectivity index (χ2v) is 7.48. The van der Waals surface area contributed by atoms with E-state index in [1.54, 1.807) is 6.07 Å². The van der Waals surface area contributed by atoms with Crippen LogP contribution in [-0.2, 0) is 0 Å². The third kappa shape index (κ3) is 8.71. The molecule has 4 heteroatoms. The maximum Gasteiger partial charge on any atom is 0.0621 e. The lowest BCUT2D eigenvalue weighted by atomic mass is 9.94. The Morgan fingerprint density at radius 1 is 1.04 bits per heavy atom. The highest BCUT2D eigenvalue weighted by molar-refractivity contribution is 6.42. The van der Waals surface area contributed by atoms with E-state index < -0.39 is 0 Å². The Morgan fingerprint density at radius 3 is 2.17 bits per heavy atom. The van der Waals surface area contributed by atoms with Crippen LogP contribution in [0.5, 0.6) is 0 Å². The molecule has 1 aromatic rings. The second kappa shape index (κ2) is 13.0. The molecule has 0 aromatic heterocycles. The molecule has 0 spiro atoms. The first kappa shape index (κ1) is 21.8. The summed E-state index contributed by atoms with van der Waals surface area (Å²) in [6.45, 7) is 12.9. The lowest BCUT2D eigenvalue weighted by Crippen LogP contribution is -2.32. The molecule has 0 radical (unpaired) electrons. The van der Waals surface area contributed by atoms with Gasteiger partial charge in [0, 0.05) is 0 Å². The van der Waals surface area contributed by atoms with E-state index in [9.17, 15) is 0 Å². The summed E-state index contributed by atoms with van der Waals surface area (Å²) in [4.78, 5) is 2.64. The van der Waals surface area contributed by atoms with Crippen LogP contribution in [0.2, 0.25) is 10.0 Å². The van der Waals surface area contributed by atoms with Crippen LogP contribution in [-0.4, -0.2) is 37.6 Å². The Kier molecular flexibility index (Phi) is 11.8. The molecule has 1 saturated heterocycles. The number of nitrogens with zero attached hydrogens (tertiary/aromatic N) is 1. The fourth-order valence-corrected chi connectivity index (χ4v) is 3.46. The Hall–Kier alpha value is -0.280. The van der Waals surface area contributed by atoms with E-state index in [4.69, 9.17) is 23.2 Å². The number of benzene rings is 1. The third-order valence-electron chi connectivity index (χ3n) is 4.54. The monoisotopic (exact) mass is 372 g/mol. The van der Waals surface area contributed by atoms with E-state index in [0.29, 0.717) is 10.0 Å². The molecule has 24 heavy (non-hydrogen) atoms. The molecule has 0 aliphatic carbocycles. The van der Waals surface area contributed by atoms with E-state index in [0.717, 1.165) is 11.5 Å². The summed E-state index contributed by atoms with van der Waals surface area (Å²) in [5.41, 5.74) is 1.02. The second-order valence-electron chi connectivity index (χ2n) is 6.69. The van der Waals surface area contributed by atoms with Gasteiger partial charge in [-0.1, -0.05) is 49.2 Å². The number of hydrogen-bond acceptors (Lipinski definition) is 2. The van der Waals surface area contributed by atoms with Crippen molar-refractivity contribution in [1.82, 2.24) is 10.2 Å². The molecule has 1 aliphatic heterocycles. The maximum absolute atomic E-state index is 5.75. The van der Waals surface area contributed by atoms with Gasteiger partial charge in [0.2, 0.25) is 0 Å². The minimum Gasteiger partial charge on any atom is -0.317 e. The molecule has 2 nitrogen and oxygen atoms in total. The minimum atomic E-state index is 0.622. The molecule has 1 heterocycles. The van der Waals surface area contributed by atoms with Crippen molar-refractivity contribution in [2.75, 3.05) is 32.7 Å². The van der Waals surface area contributed by atoms with Gasteiger partial charge in [0.1, 0.15) is 0 Å². The maximum atomic E-state index is 5.75. The standard InChI is InChI=1S/C13H28N2.C7H6Cl2/c1-3-10-15(11-4-2)12-7-13-5-8-14-9-6-13;1-5-3-2-4-6(8)7(5)9/h13-14H,3-12H2,1-2H3;2-4H,1H3. The van der Waals surface area contributed by atoms with Crippen molar-refractivity contribution >= 4 is 23.2 Å². The van der Waals surface area contributed by atoms with E-state index in [2.05, 4.69) is 24.1 Å². The fraction of sp³-hybridized carbons (Fsp3) is 0.700. The molecular formula is C20H34Cl2N2. The van der Waals surface area contributed by atoms with Gasteiger partial charge in [-0.15, -0.1) is 0 Å². The molecule has 1 aromatic carbocycles. The average Bonchev–Trinajstić information content (AvgIpc) is 2.59. The predicted octanol–water partition coefficient (Wildman–Crippen LogP) is 5.80. The molecule has 0 unspecified atom stereocenters. The van der Waals surface area contributed by atoms with Gasteiger partial charge in [-0.3, -0.25) is 0 Å². The van der Waals surface area contributed by atoms with Crippen LogP contribution in [0.25, 0.3) is 0 Å². The summed E-state index contributed by atoms with van der Waals surface area (Å²) >= 11 is 11.4. The van der Waals surface area contributed by atoms with E-state index in [1.807, 2.05) is 19.1 Å². The van der Waals surface area contributed by atoms with Crippen molar-refractivity contribution in [3.8, 4) is 0 Å². The summed E-state index contributed by atoms with van der Waals surface area (Å²) in [5.74, 6) is 0.988. The molecule has 0 amide bonds. The van der Waals surface area contributed by atoms with Crippen molar-refractivity contribution < 1.29 is 0 Å². The van der Waals surface area contributed by atoms with Crippen LogP contribution >= 0.6 is 23.2 Å². The number of halogens is 2. The van der Waals surface area contributed by atoms with Crippen LogP contribution in [0, 0.1) is 12.8 Å². The van der Waals surface area contributed by atoms with Gasteiger partial charge < -0.3 is 10.2 Å². The number of aryl methyl sites for hydroxylation is 1. The normalized spacial score (nSPS) is 15.2. The van der Waals surface area contributed by atoms with Crippen molar-refractivity contribution in [3.05, 3.63) is 33.8 Å². The van der Waals surface area contributed by atoms with Gasteiger partial charge in [-0.25, -0.2) is 0 Å². The highest BCUT2D eigenvalue weighted by Gasteiger charge is 2.13. The predicted molar refractivity (Wildman–Crippen MR) is 108 cm³/mol. The molecule has 0 bridgehead atoms. The molecule has 0 atom stereocenters. The molecule has 138 valence electrons. The fourth-order valence-electron chi connectivity index (χ4n) is 3.12. The van der Waals surface area contributed by atoms with Crippen LogP contribution < -0.4 is 5.32 Å². The average molecular weight is 373 g/mol. The van der Waals surface area contributed by atoms with Gasteiger partial charge in [0.15, 0.2) is 0 Å². The van der Waals surface area contributed by atoms with Crippen LogP contribution in [0.4, 0.5) is 0 Å². The summed E-state index contributed by atoms with van der Waals surface area (Å²) in [6, 6.07) is 5.58. The van der Waals surface area contributed by atoms with Crippen LogP contribution in [0.15, 0.2) is 18.2 Å². The van der Waals surface area contributed by atoms with Crippen LogP contribution in [0.1, 0.15) is 51.5 Å². The third-order valence-corrected chi connectivity index (χ3v) is 5.45. The summed E-state index contributed by atoms with van der Waals surface area (Å²) in [5, 5.41) is 4.71. The Labute approximate surface area is 158 Å². The lowest BCUT2D eigenvalue weighted by molar-refractivity contribution is 0.235. The first-order chi connectivity index (χ1) is 11.6. The zero-order chi connectivity index (χ0) is 17.8. The van der Waals surface area contributed by atoms with E-state index in [1.165, 1.54) is 64.8 Å². The highest BCUT2D eigenvalue weighted by atomic mass is 35.5. The van der Waals surface area contributed by atoms with Gasteiger partial charge in [-0.05, 0) is 89.3 Å². The van der Waals surface area contributed by atoms with E-state index in [-0.39, 0.29) is 0 Å². The van der Waals surface area contributed by atoms with Crippen molar-refractivity contribution in [1.29, 1.82) is 0 Å². The number of rotatable bonds is 7. The summed E-state index contributed by atoms with van der Waals surface area (Å²) in [7, 11) is 0. The van der Waals surface area contributed by atoms with Crippen molar-refractivity contribution in [2.24, 2.45) is 5.92 Å². The van der Waals surface area contributed by atoms with Gasteiger partial charge in [-0.2, -0.15) is 0 Å². The molecule has 2 rings (SSSR count). The smallest absolute Gasteiger partial charge is 0.0621 e. The minimum absolute atomic E-state index is 0.622. The molecule has 0 saturated carbocycles. The zero-order valence-electron chi connectivity index (χ0n) is 15.6. The molecular weight excluding hydrogens is 339 g/mol. The van der Waals surface area contributed by atoms with Gasteiger partial charge in [0.25, 0.3) is 0 Å². The Morgan fingerprint density at radius 2 is 1.67 bits per heavy atom. The summed E-state index contributed by atoms with van der Waals surface area (Å²) in [6.07, 6.45) is 6.80. The number of hydrogen-bond donors (Lipinski definition) is 1. The molecule has 1 fully saturated rings. The summed E-state index contributed by atoms with van der Waals surface area (Å²) < 4.78 is 0. The van der Waals surface area contributed by atoms with Gasteiger partial charge >= 0.3 is 0 Å². The number of piperidine rings is 1. The Balaban J connectivity index is 0.000000272. The number of nitrogens with one attached hydrogen (secondary N) is 1. The lowest BCUT2D eigenvalue weighted by Gasteiger charge is -2.27. The van der Waals surface area contributed by atoms with Gasteiger partial charge in [0.05, 0.1) is 10.0 Å². The SMILES string of the molecule is CCCN(CCC)CCC1CCNCC1.Cc1cccc(Cl)c1Cl. The van der Waals surface area contributed by atoms with Crippen LogP contribution in [0.3, 0.4) is 0 Å². The zero-order valence-corrected chi connectivity index (χ0v) is 17.1. The molecule has 1 N–H and O–H groups in total. The quantitative estimate of drug-likeness (QED) is 0.650. The van der Waals surface area contributed by atoms with E-state index >= 15 is 0 Å². The molecule has 1 aliphatic rings. The van der Waals surface area contributed by atoms with Crippen molar-refractivity contribution in [3.63, 3.8) is 0 Å². The van der Waals surface area contributed by atoms with Crippen molar-refractivity contribution in [2.45, 2.75) is 52.9 Å². The largest absolute Gasteiger partial charge is 0.317 e. The Bertz CT molecular complexity index is 419. The highest BCUT2D eigenvalue weighted by Crippen LogP contribution is 2.24. The first-order valence-electron chi connectivity index (χ1n) is 9.42.